The van der Waals surface area contributed by atoms with E-state index in [-0.39, 0.29) is 21.3 Å². The van der Waals surface area contributed by atoms with Gasteiger partial charge in [-0.25, -0.2) is 18.4 Å². The largest absolute Gasteiger partial charge is 0.454 e. The molecule has 7 nitrogen and oxygen atoms in total. The number of esters is 1. The Labute approximate surface area is 191 Å². The van der Waals surface area contributed by atoms with Gasteiger partial charge in [0.05, 0.1) is 15.5 Å². The zero-order valence-corrected chi connectivity index (χ0v) is 19.2. The van der Waals surface area contributed by atoms with Crippen LogP contribution in [0.15, 0.2) is 59.5 Å². The van der Waals surface area contributed by atoms with Crippen molar-refractivity contribution in [2.45, 2.75) is 31.7 Å². The minimum absolute atomic E-state index is 0.00561. The second-order valence-electron chi connectivity index (χ2n) is 7.36. The number of primary sulfonamides is 1. The van der Waals surface area contributed by atoms with Crippen LogP contribution in [0.5, 0.6) is 0 Å². The van der Waals surface area contributed by atoms with Gasteiger partial charge in [-0.15, -0.1) is 0 Å². The van der Waals surface area contributed by atoms with Crippen molar-refractivity contribution >= 4 is 33.4 Å². The van der Waals surface area contributed by atoms with Crippen molar-refractivity contribution in [3.05, 3.63) is 87.7 Å². The van der Waals surface area contributed by atoms with Crippen molar-refractivity contribution in [2.75, 3.05) is 6.61 Å². The highest BCUT2D eigenvalue weighted by molar-refractivity contribution is 7.89. The fraction of sp³-hybridized carbons (Fsp3) is 0.217. The molecular weight excluding hydrogens is 452 g/mol. The lowest BCUT2D eigenvalue weighted by molar-refractivity contribution is 0.0474. The number of ketones is 1. The highest BCUT2D eigenvalue weighted by Gasteiger charge is 2.20. The fourth-order valence-electron chi connectivity index (χ4n) is 3.44. The van der Waals surface area contributed by atoms with E-state index < -0.39 is 22.6 Å². The molecule has 9 heteroatoms. The Hall–Kier alpha value is -2.94. The number of ether oxygens (including phenoxy) is 1. The van der Waals surface area contributed by atoms with Crippen molar-refractivity contribution < 1.29 is 22.7 Å². The number of sulfonamides is 1. The summed E-state index contributed by atoms with van der Waals surface area (Å²) in [6, 6.07) is 15.3. The molecule has 0 aliphatic rings. The van der Waals surface area contributed by atoms with Crippen LogP contribution in [0, 0.1) is 13.8 Å². The molecule has 0 spiro atoms. The Bertz CT molecular complexity index is 1270. The summed E-state index contributed by atoms with van der Waals surface area (Å²) in [5.74, 6) is -1.28. The van der Waals surface area contributed by atoms with E-state index in [4.69, 9.17) is 21.5 Å². The number of Topliss-reactive ketones (excluding diaryl/α,β-unsaturated/α-hetero) is 1. The molecule has 3 aromatic rings. The van der Waals surface area contributed by atoms with Crippen LogP contribution in [0.2, 0.25) is 5.02 Å². The zero-order chi connectivity index (χ0) is 23.5. The number of rotatable bonds is 8. The topological polar surface area (TPSA) is 108 Å². The SMILES string of the molecule is Cc1cc(C(=O)COC(=O)c2cc(S(N)(=O)=O)ccc2Cl)c(C)n1CCc1ccccc1. The van der Waals surface area contributed by atoms with Crippen molar-refractivity contribution in [2.24, 2.45) is 5.14 Å². The zero-order valence-electron chi connectivity index (χ0n) is 17.7. The van der Waals surface area contributed by atoms with Crippen molar-refractivity contribution in [3.8, 4) is 0 Å². The first kappa shape index (κ1) is 23.7. The quantitative estimate of drug-likeness (QED) is 0.395. The van der Waals surface area contributed by atoms with E-state index in [1.54, 1.807) is 6.07 Å². The van der Waals surface area contributed by atoms with Gasteiger partial charge in [0.2, 0.25) is 15.8 Å². The minimum atomic E-state index is -4.02. The smallest absolute Gasteiger partial charge is 0.340 e. The monoisotopic (exact) mass is 474 g/mol. The van der Waals surface area contributed by atoms with E-state index in [0.717, 1.165) is 23.9 Å². The second-order valence-corrected chi connectivity index (χ2v) is 9.33. The molecule has 0 radical (unpaired) electrons. The number of carbonyl (C=O) groups excluding carboxylic acids is 2. The Morgan fingerprint density at radius 3 is 2.38 bits per heavy atom. The summed E-state index contributed by atoms with van der Waals surface area (Å²) in [7, 11) is -4.02. The number of nitrogens with zero attached hydrogens (tertiary/aromatic N) is 1. The van der Waals surface area contributed by atoms with Gasteiger partial charge in [0.1, 0.15) is 0 Å². The van der Waals surface area contributed by atoms with E-state index in [9.17, 15) is 18.0 Å². The standard InChI is InChI=1S/C23H23ClN2O5S/c1-15-12-19(16(2)26(15)11-10-17-6-4-3-5-7-17)22(27)14-31-23(28)20-13-18(32(25,29)30)8-9-21(20)24/h3-9,12-13H,10-11,14H2,1-2H3,(H2,25,29,30). The molecule has 2 aromatic carbocycles. The third-order valence-corrected chi connectivity index (χ3v) is 6.40. The molecule has 168 valence electrons. The van der Waals surface area contributed by atoms with E-state index in [1.807, 2.05) is 32.0 Å². The fourth-order valence-corrected chi connectivity index (χ4v) is 4.17. The molecule has 0 saturated carbocycles. The second kappa shape index (κ2) is 9.68. The highest BCUT2D eigenvalue weighted by atomic mass is 35.5. The highest BCUT2D eigenvalue weighted by Crippen LogP contribution is 2.22. The van der Waals surface area contributed by atoms with Crippen LogP contribution in [0.1, 0.15) is 37.7 Å². The number of hydrogen-bond donors (Lipinski definition) is 1. The maximum absolute atomic E-state index is 12.7. The maximum Gasteiger partial charge on any atom is 0.340 e. The van der Waals surface area contributed by atoms with Crippen LogP contribution in [0.25, 0.3) is 0 Å². The molecule has 0 unspecified atom stereocenters. The van der Waals surface area contributed by atoms with Crippen molar-refractivity contribution in [3.63, 3.8) is 0 Å². The third kappa shape index (κ3) is 5.45. The average molecular weight is 475 g/mol. The summed E-state index contributed by atoms with van der Waals surface area (Å²) < 4.78 is 30.2. The molecule has 0 fully saturated rings. The Morgan fingerprint density at radius 1 is 1.03 bits per heavy atom. The lowest BCUT2D eigenvalue weighted by Crippen LogP contribution is -2.17. The van der Waals surface area contributed by atoms with E-state index >= 15 is 0 Å². The number of hydrogen-bond acceptors (Lipinski definition) is 5. The molecule has 0 bridgehead atoms. The van der Waals surface area contributed by atoms with Gasteiger partial charge in [-0.2, -0.15) is 0 Å². The predicted molar refractivity (Wildman–Crippen MR) is 121 cm³/mol. The molecular formula is C23H23ClN2O5S. The molecule has 0 atom stereocenters. The van der Waals surface area contributed by atoms with E-state index in [1.165, 1.54) is 17.7 Å². The summed E-state index contributed by atoms with van der Waals surface area (Å²) >= 11 is 5.98. The molecule has 2 N–H and O–H groups in total. The molecule has 1 heterocycles. The molecule has 0 amide bonds. The van der Waals surface area contributed by atoms with Crippen LogP contribution in [0.4, 0.5) is 0 Å². The summed E-state index contributed by atoms with van der Waals surface area (Å²) in [6.45, 7) is 3.97. The Kier molecular flexibility index (Phi) is 7.18. The molecule has 0 saturated heterocycles. The summed E-state index contributed by atoms with van der Waals surface area (Å²) in [6.07, 6.45) is 0.818. The molecule has 1 aromatic heterocycles. The maximum atomic E-state index is 12.7. The van der Waals surface area contributed by atoms with E-state index in [0.29, 0.717) is 12.1 Å². The summed E-state index contributed by atoms with van der Waals surface area (Å²) in [4.78, 5) is 24.8. The normalized spacial score (nSPS) is 11.4. The molecule has 0 aliphatic carbocycles. The molecule has 3 rings (SSSR count). The van der Waals surface area contributed by atoms with Crippen LogP contribution >= 0.6 is 11.6 Å². The number of halogens is 1. The number of aryl methyl sites for hydroxylation is 2. The third-order valence-electron chi connectivity index (χ3n) is 5.16. The molecule has 0 aliphatic heterocycles. The number of aromatic nitrogens is 1. The number of nitrogens with two attached hydrogens (primary N) is 1. The van der Waals surface area contributed by atoms with Gasteiger partial charge in [-0.3, -0.25) is 4.79 Å². The Balaban J connectivity index is 1.70. The predicted octanol–water partition coefficient (Wildman–Crippen LogP) is 3.69. The molecule has 32 heavy (non-hydrogen) atoms. The van der Waals surface area contributed by atoms with Gasteiger partial charge >= 0.3 is 5.97 Å². The van der Waals surface area contributed by atoms with Crippen molar-refractivity contribution in [1.29, 1.82) is 0 Å². The van der Waals surface area contributed by atoms with Gasteiger partial charge in [0, 0.05) is 23.5 Å². The van der Waals surface area contributed by atoms with Gasteiger partial charge in [0.25, 0.3) is 0 Å². The lowest BCUT2D eigenvalue weighted by Gasteiger charge is -2.10. The lowest BCUT2D eigenvalue weighted by atomic mass is 10.1. The van der Waals surface area contributed by atoms with Crippen LogP contribution in [-0.2, 0) is 27.7 Å². The summed E-state index contributed by atoms with van der Waals surface area (Å²) in [5.41, 5.74) is 3.19. The number of benzene rings is 2. The van der Waals surface area contributed by atoms with Gasteiger partial charge < -0.3 is 9.30 Å². The van der Waals surface area contributed by atoms with E-state index in [2.05, 4.69) is 16.7 Å². The van der Waals surface area contributed by atoms with Crippen LogP contribution < -0.4 is 5.14 Å². The van der Waals surface area contributed by atoms with Crippen LogP contribution in [0.3, 0.4) is 0 Å². The first-order valence-corrected chi connectivity index (χ1v) is 11.7. The summed E-state index contributed by atoms with van der Waals surface area (Å²) in [5, 5.41) is 5.08. The average Bonchev–Trinajstić information content (AvgIpc) is 3.04. The first-order valence-electron chi connectivity index (χ1n) is 9.81. The first-order chi connectivity index (χ1) is 15.1. The van der Waals surface area contributed by atoms with Gasteiger partial charge in [-0.1, -0.05) is 41.9 Å². The van der Waals surface area contributed by atoms with Gasteiger partial charge in [0.15, 0.2) is 6.61 Å². The van der Waals surface area contributed by atoms with Crippen LogP contribution in [-0.4, -0.2) is 31.3 Å². The Morgan fingerprint density at radius 2 is 1.72 bits per heavy atom. The number of carbonyl (C=O) groups is 2. The van der Waals surface area contributed by atoms with Gasteiger partial charge in [-0.05, 0) is 50.1 Å². The van der Waals surface area contributed by atoms with Crippen molar-refractivity contribution in [1.82, 2.24) is 4.57 Å². The minimum Gasteiger partial charge on any atom is -0.454 e.